The van der Waals surface area contributed by atoms with E-state index >= 15 is 0 Å². The van der Waals surface area contributed by atoms with E-state index in [4.69, 9.17) is 4.52 Å². The highest BCUT2D eigenvalue weighted by molar-refractivity contribution is 9.10. The molecule has 0 radical (unpaired) electrons. The Balaban J connectivity index is 1.91. The first kappa shape index (κ1) is 15.9. The van der Waals surface area contributed by atoms with Crippen LogP contribution in [0.4, 0.5) is 13.2 Å². The first-order valence-electron chi connectivity index (χ1n) is 6.00. The van der Waals surface area contributed by atoms with Gasteiger partial charge in [-0.05, 0) is 28.1 Å². The molecule has 0 spiro atoms. The summed E-state index contributed by atoms with van der Waals surface area (Å²) in [5, 5.41) is 7.89. The van der Waals surface area contributed by atoms with E-state index in [1.807, 2.05) is 0 Å². The van der Waals surface area contributed by atoms with Gasteiger partial charge >= 0.3 is 6.18 Å². The van der Waals surface area contributed by atoms with Gasteiger partial charge in [0, 0.05) is 13.2 Å². The first-order valence-corrected chi connectivity index (χ1v) is 7.61. The Morgan fingerprint density at radius 1 is 1.39 bits per heavy atom. The number of aryl methyl sites for hydroxylation is 1. The zero-order valence-corrected chi connectivity index (χ0v) is 13.7. The average molecular weight is 407 g/mol. The maximum Gasteiger partial charge on any atom is 0.455 e. The number of carbonyl (C=O) groups is 1. The molecule has 3 rings (SSSR count). The summed E-state index contributed by atoms with van der Waals surface area (Å²) in [5.74, 6) is -1.70. The van der Waals surface area contributed by atoms with Crippen molar-refractivity contribution in [2.75, 3.05) is 0 Å². The van der Waals surface area contributed by atoms with E-state index in [1.54, 1.807) is 17.9 Å². The van der Waals surface area contributed by atoms with E-state index in [2.05, 4.69) is 31.2 Å². The first-order chi connectivity index (χ1) is 10.8. The van der Waals surface area contributed by atoms with Crippen molar-refractivity contribution in [2.45, 2.75) is 6.18 Å². The Morgan fingerprint density at radius 3 is 2.74 bits per heavy atom. The van der Waals surface area contributed by atoms with Gasteiger partial charge in [0.15, 0.2) is 0 Å². The van der Waals surface area contributed by atoms with Gasteiger partial charge in [0.2, 0.25) is 5.82 Å². The van der Waals surface area contributed by atoms with Gasteiger partial charge in [-0.2, -0.15) is 23.3 Å². The maximum absolute atomic E-state index is 12.4. The maximum atomic E-state index is 12.4. The molecule has 0 saturated heterocycles. The van der Waals surface area contributed by atoms with Crippen LogP contribution in [-0.4, -0.2) is 31.9 Å². The molecular weight excluding hydrogens is 401 g/mol. The van der Waals surface area contributed by atoms with E-state index in [9.17, 15) is 18.0 Å². The molecule has 0 saturated carbocycles. The van der Waals surface area contributed by atoms with Crippen LogP contribution < -0.4 is 0 Å². The van der Waals surface area contributed by atoms with Crippen molar-refractivity contribution < 1.29 is 22.5 Å². The van der Waals surface area contributed by atoms with Crippen LogP contribution in [0.5, 0.6) is 0 Å². The lowest BCUT2D eigenvalue weighted by Crippen LogP contribution is -2.21. The van der Waals surface area contributed by atoms with Gasteiger partial charge < -0.3 is 4.52 Å². The third kappa shape index (κ3) is 3.06. The molecule has 0 fully saturated rings. The summed E-state index contributed by atoms with van der Waals surface area (Å²) in [4.78, 5) is 15.1. The summed E-state index contributed by atoms with van der Waals surface area (Å²) in [6.45, 7) is 0. The largest absolute Gasteiger partial charge is 0.455 e. The number of Topliss-reactive ketones (excluding diaryl/α,β-unsaturated/α-hetero) is 1. The minimum absolute atomic E-state index is 0.0174. The molecule has 0 aliphatic heterocycles. The van der Waals surface area contributed by atoms with Crippen molar-refractivity contribution in [1.82, 2.24) is 19.9 Å². The number of rotatable bonds is 3. The predicted molar refractivity (Wildman–Crippen MR) is 77.9 cm³/mol. The van der Waals surface area contributed by atoms with Crippen molar-refractivity contribution in [1.29, 1.82) is 0 Å². The fourth-order valence-corrected chi connectivity index (χ4v) is 3.19. The monoisotopic (exact) mass is 406 g/mol. The Kier molecular flexibility index (Phi) is 3.84. The molecule has 0 bridgehead atoms. The second-order valence-corrected chi connectivity index (χ2v) is 6.35. The predicted octanol–water partition coefficient (Wildman–Crippen LogP) is 3.71. The Bertz CT molecular complexity index is 883. The normalized spacial score (nSPS) is 11.9. The lowest BCUT2D eigenvalue weighted by molar-refractivity contribution is -0.0882. The fraction of sp³-hybridized carbons (Fsp3) is 0.167. The SMILES string of the molecule is Cn1cc(Br)c(-c2noc(-c3ccc(C(=O)C(F)(F)F)s3)n2)n1. The van der Waals surface area contributed by atoms with Gasteiger partial charge in [0.05, 0.1) is 14.2 Å². The highest BCUT2D eigenvalue weighted by atomic mass is 79.9. The van der Waals surface area contributed by atoms with Crippen molar-refractivity contribution in [3.8, 4) is 22.3 Å². The Hall–Kier alpha value is -2.01. The Morgan fingerprint density at radius 2 is 2.13 bits per heavy atom. The molecule has 0 aromatic carbocycles. The fourth-order valence-electron chi connectivity index (χ4n) is 1.75. The number of halogens is 4. The van der Waals surface area contributed by atoms with E-state index in [0.717, 1.165) is 6.07 Å². The van der Waals surface area contributed by atoms with Crippen LogP contribution in [0.2, 0.25) is 0 Å². The molecule has 120 valence electrons. The Labute approximate surface area is 139 Å². The molecule has 23 heavy (non-hydrogen) atoms. The number of hydrogen-bond donors (Lipinski definition) is 0. The molecular formula is C12H6BrF3N4O2S. The number of nitrogens with zero attached hydrogens (tertiary/aromatic N) is 4. The standard InChI is InChI=1S/C12H6BrF3N4O2S/c1-20-4-5(13)8(18-20)10-17-11(22-19-10)7-3-2-6(23-7)9(21)12(14,15)16/h2-4H,1H3. The van der Waals surface area contributed by atoms with E-state index < -0.39 is 16.8 Å². The molecule has 3 aromatic rings. The minimum Gasteiger partial charge on any atom is -0.333 e. The van der Waals surface area contributed by atoms with Crippen LogP contribution in [-0.2, 0) is 7.05 Å². The smallest absolute Gasteiger partial charge is 0.333 e. The molecule has 11 heteroatoms. The molecule has 0 atom stereocenters. The van der Waals surface area contributed by atoms with Crippen LogP contribution in [0.1, 0.15) is 9.67 Å². The summed E-state index contributed by atoms with van der Waals surface area (Å²) in [6.07, 6.45) is -3.22. The summed E-state index contributed by atoms with van der Waals surface area (Å²) in [7, 11) is 1.71. The number of ketones is 1. The van der Waals surface area contributed by atoms with Gasteiger partial charge in [0.1, 0.15) is 5.69 Å². The van der Waals surface area contributed by atoms with Gasteiger partial charge in [-0.3, -0.25) is 9.48 Å². The van der Waals surface area contributed by atoms with Crippen molar-refractivity contribution in [2.24, 2.45) is 7.05 Å². The number of alkyl halides is 3. The second-order valence-electron chi connectivity index (χ2n) is 4.41. The van der Waals surface area contributed by atoms with Gasteiger partial charge in [0.25, 0.3) is 11.7 Å². The van der Waals surface area contributed by atoms with Crippen molar-refractivity contribution >= 4 is 33.0 Å². The summed E-state index contributed by atoms with van der Waals surface area (Å²) >= 11 is 3.93. The van der Waals surface area contributed by atoms with E-state index in [1.165, 1.54) is 6.07 Å². The second kappa shape index (κ2) is 5.57. The summed E-state index contributed by atoms with van der Waals surface area (Å²) < 4.78 is 44.4. The number of thiophene rings is 1. The van der Waals surface area contributed by atoms with Crippen LogP contribution >= 0.6 is 27.3 Å². The summed E-state index contributed by atoms with van der Waals surface area (Å²) in [6, 6.07) is 2.41. The van der Waals surface area contributed by atoms with Gasteiger partial charge in [-0.25, -0.2) is 0 Å². The molecule has 0 amide bonds. The van der Waals surface area contributed by atoms with Crippen molar-refractivity contribution in [3.63, 3.8) is 0 Å². The lowest BCUT2D eigenvalue weighted by atomic mass is 10.3. The highest BCUT2D eigenvalue weighted by Crippen LogP contribution is 2.33. The van der Waals surface area contributed by atoms with E-state index in [-0.39, 0.29) is 16.6 Å². The minimum atomic E-state index is -4.92. The molecule has 0 aliphatic rings. The third-order valence-electron chi connectivity index (χ3n) is 2.72. The molecule has 0 aliphatic carbocycles. The summed E-state index contributed by atoms with van der Waals surface area (Å²) in [5.41, 5.74) is 0.436. The van der Waals surface area contributed by atoms with Crippen LogP contribution in [0.3, 0.4) is 0 Å². The van der Waals surface area contributed by atoms with Gasteiger partial charge in [-0.15, -0.1) is 11.3 Å². The number of carbonyl (C=O) groups excluding carboxylic acids is 1. The number of hydrogen-bond acceptors (Lipinski definition) is 6. The lowest BCUT2D eigenvalue weighted by Gasteiger charge is -2.00. The quantitative estimate of drug-likeness (QED) is 0.619. The molecule has 3 aromatic heterocycles. The van der Waals surface area contributed by atoms with Crippen LogP contribution in [0, 0.1) is 0 Å². The third-order valence-corrected chi connectivity index (χ3v) is 4.37. The zero-order chi connectivity index (χ0) is 16.8. The van der Waals surface area contributed by atoms with E-state index in [0.29, 0.717) is 21.5 Å². The molecule has 6 nitrogen and oxygen atoms in total. The molecule has 0 unspecified atom stereocenters. The highest BCUT2D eigenvalue weighted by Gasteiger charge is 2.40. The average Bonchev–Trinajstić information content (AvgIpc) is 3.15. The number of aromatic nitrogens is 4. The van der Waals surface area contributed by atoms with Crippen LogP contribution in [0.15, 0.2) is 27.3 Å². The van der Waals surface area contributed by atoms with Crippen molar-refractivity contribution in [3.05, 3.63) is 27.7 Å². The van der Waals surface area contributed by atoms with Gasteiger partial charge in [-0.1, -0.05) is 5.16 Å². The zero-order valence-electron chi connectivity index (χ0n) is 11.3. The topological polar surface area (TPSA) is 73.8 Å². The molecule has 0 N–H and O–H groups in total. The molecule has 3 heterocycles. The van der Waals surface area contributed by atoms with Crippen LogP contribution in [0.25, 0.3) is 22.3 Å².